The van der Waals surface area contributed by atoms with E-state index in [1.54, 1.807) is 30.5 Å². The maximum atomic E-state index is 12.2. The number of rotatable bonds is 7. The van der Waals surface area contributed by atoms with Crippen LogP contribution in [0.4, 0.5) is 0 Å². The van der Waals surface area contributed by atoms with Crippen LogP contribution in [-0.4, -0.2) is 29.5 Å². The number of amides is 1. The number of fused-ring (bicyclic) bond motifs is 1. The molecule has 5 nitrogen and oxygen atoms in total. The van der Waals surface area contributed by atoms with Crippen molar-refractivity contribution >= 4 is 46.1 Å². The molecule has 1 aromatic carbocycles. The monoisotopic (exact) mass is 415 g/mol. The predicted octanol–water partition coefficient (Wildman–Crippen LogP) is 4.77. The number of halogens is 2. The summed E-state index contributed by atoms with van der Waals surface area (Å²) in [5.74, 6) is -0.0576. The lowest BCUT2D eigenvalue weighted by atomic mass is 10.2. The van der Waals surface area contributed by atoms with Crippen molar-refractivity contribution in [3.8, 4) is 0 Å². The first kappa shape index (κ1) is 20.0. The van der Waals surface area contributed by atoms with Gasteiger partial charge in [-0.25, -0.2) is 0 Å². The molecule has 2 aromatic heterocycles. The lowest BCUT2D eigenvalue weighted by Crippen LogP contribution is -2.27. The third-order valence-corrected chi connectivity index (χ3v) is 4.76. The summed E-state index contributed by atoms with van der Waals surface area (Å²) >= 11 is 12.1. The molecule has 0 aliphatic rings. The molecule has 144 valence electrons. The van der Waals surface area contributed by atoms with Crippen molar-refractivity contribution in [1.29, 1.82) is 0 Å². The maximum absolute atomic E-state index is 12.2. The van der Waals surface area contributed by atoms with Crippen LogP contribution in [0.25, 0.3) is 17.0 Å². The Morgan fingerprint density at radius 1 is 1.25 bits per heavy atom. The van der Waals surface area contributed by atoms with E-state index < -0.39 is 0 Å². The molecule has 0 atom stereocenters. The van der Waals surface area contributed by atoms with Crippen molar-refractivity contribution < 1.29 is 9.53 Å². The minimum absolute atomic E-state index is 0.222. The highest BCUT2D eigenvalue weighted by atomic mass is 35.5. The van der Waals surface area contributed by atoms with Crippen LogP contribution in [-0.2, 0) is 16.0 Å². The van der Waals surface area contributed by atoms with Crippen LogP contribution in [0.3, 0.4) is 0 Å². The second-order valence-electron chi connectivity index (χ2n) is 6.00. The molecule has 2 N–H and O–H groups in total. The van der Waals surface area contributed by atoms with Gasteiger partial charge in [-0.3, -0.25) is 9.78 Å². The Morgan fingerprint density at radius 3 is 2.82 bits per heavy atom. The van der Waals surface area contributed by atoms with Gasteiger partial charge in [-0.05, 0) is 42.5 Å². The molecule has 0 aliphatic carbocycles. The van der Waals surface area contributed by atoms with Crippen LogP contribution in [0, 0.1) is 0 Å². The van der Waals surface area contributed by atoms with Crippen molar-refractivity contribution in [3.05, 3.63) is 81.9 Å². The van der Waals surface area contributed by atoms with Crippen LogP contribution < -0.4 is 5.32 Å². The highest BCUT2D eigenvalue weighted by Crippen LogP contribution is 2.28. The second-order valence-corrected chi connectivity index (χ2v) is 6.81. The highest BCUT2D eigenvalue weighted by molar-refractivity contribution is 6.42. The first-order valence-electron chi connectivity index (χ1n) is 8.65. The van der Waals surface area contributed by atoms with Crippen LogP contribution in [0.15, 0.2) is 60.5 Å². The molecule has 0 saturated carbocycles. The number of methoxy groups -OCH3 is 1. The molecule has 0 aliphatic heterocycles. The molecule has 0 saturated heterocycles. The summed E-state index contributed by atoms with van der Waals surface area (Å²) in [6.07, 6.45) is 7.57. The van der Waals surface area contributed by atoms with Crippen LogP contribution >= 0.6 is 23.2 Å². The molecule has 0 spiro atoms. The fourth-order valence-electron chi connectivity index (χ4n) is 2.65. The summed E-state index contributed by atoms with van der Waals surface area (Å²) in [5, 5.41) is 4.78. The Labute approximate surface area is 173 Å². The number of aromatic amines is 1. The number of carbonyl (C=O) groups is 1. The molecule has 28 heavy (non-hydrogen) atoms. The van der Waals surface area contributed by atoms with Crippen molar-refractivity contribution in [3.63, 3.8) is 0 Å². The number of H-pyrrole nitrogens is 1. The van der Waals surface area contributed by atoms with E-state index in [-0.39, 0.29) is 11.7 Å². The van der Waals surface area contributed by atoms with Gasteiger partial charge < -0.3 is 15.0 Å². The standard InChI is InChI=1S/C21H19Cl2N3O2/c1-28-20(21(27)25-10-8-15-5-2-3-9-24-15)7-4-6-16-11-14-12-17(22)18(23)13-19(14)26-16/h2-7,9,11-13,26H,8,10H2,1H3,(H,25,27)/b6-4+,20-7+. The number of hydrogen-bond donors (Lipinski definition) is 2. The van der Waals surface area contributed by atoms with Gasteiger partial charge in [-0.15, -0.1) is 0 Å². The average Bonchev–Trinajstić information content (AvgIpc) is 3.07. The predicted molar refractivity (Wildman–Crippen MR) is 113 cm³/mol. The zero-order valence-electron chi connectivity index (χ0n) is 15.2. The number of hydrogen-bond acceptors (Lipinski definition) is 3. The smallest absolute Gasteiger partial charge is 0.286 e. The molecule has 1 amide bonds. The van der Waals surface area contributed by atoms with E-state index in [0.717, 1.165) is 22.3 Å². The van der Waals surface area contributed by atoms with Crippen molar-refractivity contribution in [2.75, 3.05) is 13.7 Å². The molecular formula is C21H19Cl2N3O2. The largest absolute Gasteiger partial charge is 0.491 e. The third kappa shape index (κ3) is 5.15. The van der Waals surface area contributed by atoms with Crippen molar-refractivity contribution in [1.82, 2.24) is 15.3 Å². The van der Waals surface area contributed by atoms with E-state index in [4.69, 9.17) is 27.9 Å². The van der Waals surface area contributed by atoms with Gasteiger partial charge in [0.2, 0.25) is 0 Å². The van der Waals surface area contributed by atoms with Crippen LogP contribution in [0.5, 0.6) is 0 Å². The first-order valence-corrected chi connectivity index (χ1v) is 9.40. The van der Waals surface area contributed by atoms with Gasteiger partial charge in [-0.2, -0.15) is 0 Å². The topological polar surface area (TPSA) is 67.0 Å². The molecule has 2 heterocycles. The van der Waals surface area contributed by atoms with Crippen molar-refractivity contribution in [2.24, 2.45) is 0 Å². The SMILES string of the molecule is CO/C(=C/C=C/c1cc2cc(Cl)c(Cl)cc2[nH]1)C(=O)NCCc1ccccn1. The summed E-state index contributed by atoms with van der Waals surface area (Å²) in [6, 6.07) is 11.2. The number of aromatic nitrogens is 2. The van der Waals surface area contributed by atoms with E-state index in [1.165, 1.54) is 7.11 Å². The van der Waals surface area contributed by atoms with E-state index in [0.29, 0.717) is 23.0 Å². The quantitative estimate of drug-likeness (QED) is 0.331. The van der Waals surface area contributed by atoms with E-state index in [1.807, 2.05) is 30.3 Å². The average molecular weight is 416 g/mol. The molecule has 3 rings (SSSR count). The van der Waals surface area contributed by atoms with Gasteiger partial charge in [0.15, 0.2) is 5.76 Å². The fourth-order valence-corrected chi connectivity index (χ4v) is 2.99. The van der Waals surface area contributed by atoms with Gasteiger partial charge in [0.25, 0.3) is 5.91 Å². The molecule has 0 unspecified atom stereocenters. The summed E-state index contributed by atoms with van der Waals surface area (Å²) in [5.41, 5.74) is 2.66. The fraction of sp³-hybridized carbons (Fsp3) is 0.143. The van der Waals surface area contributed by atoms with Crippen molar-refractivity contribution in [2.45, 2.75) is 6.42 Å². The third-order valence-electron chi connectivity index (χ3n) is 4.04. The number of carbonyl (C=O) groups excluding carboxylic acids is 1. The molecular weight excluding hydrogens is 397 g/mol. The maximum Gasteiger partial charge on any atom is 0.286 e. The van der Waals surface area contributed by atoms with Crippen LogP contribution in [0.2, 0.25) is 10.0 Å². The summed E-state index contributed by atoms with van der Waals surface area (Å²) in [7, 11) is 1.46. The highest BCUT2D eigenvalue weighted by Gasteiger charge is 2.08. The molecule has 7 heteroatoms. The van der Waals surface area contributed by atoms with E-state index in [2.05, 4.69) is 15.3 Å². The Hall–Kier alpha value is -2.76. The molecule has 0 fully saturated rings. The van der Waals surface area contributed by atoms with E-state index >= 15 is 0 Å². The molecule has 0 bridgehead atoms. The number of pyridine rings is 1. The molecule has 3 aromatic rings. The number of ether oxygens (including phenoxy) is 1. The normalized spacial score (nSPS) is 11.9. The summed E-state index contributed by atoms with van der Waals surface area (Å²) < 4.78 is 5.18. The minimum atomic E-state index is -0.279. The Morgan fingerprint density at radius 2 is 2.07 bits per heavy atom. The van der Waals surface area contributed by atoms with Gasteiger partial charge in [0.05, 0.1) is 17.2 Å². The molecule has 0 radical (unpaired) electrons. The minimum Gasteiger partial charge on any atom is -0.491 e. The Kier molecular flexibility index (Phi) is 6.74. The van der Waals surface area contributed by atoms with Gasteiger partial charge in [0.1, 0.15) is 0 Å². The Balaban J connectivity index is 1.61. The van der Waals surface area contributed by atoms with E-state index in [9.17, 15) is 4.79 Å². The number of allylic oxidation sites excluding steroid dienone is 2. The zero-order valence-corrected chi connectivity index (χ0v) is 16.7. The first-order chi connectivity index (χ1) is 13.6. The number of nitrogens with zero attached hydrogens (tertiary/aromatic N) is 1. The summed E-state index contributed by atoms with van der Waals surface area (Å²) in [4.78, 5) is 19.7. The number of nitrogens with one attached hydrogen (secondary N) is 2. The van der Waals surface area contributed by atoms with Gasteiger partial charge >= 0.3 is 0 Å². The lowest BCUT2D eigenvalue weighted by Gasteiger charge is -2.07. The van der Waals surface area contributed by atoms with Gasteiger partial charge in [0, 0.05) is 41.5 Å². The van der Waals surface area contributed by atoms with Gasteiger partial charge in [-0.1, -0.05) is 35.3 Å². The lowest BCUT2D eigenvalue weighted by molar-refractivity contribution is -0.120. The second kappa shape index (κ2) is 9.44. The summed E-state index contributed by atoms with van der Waals surface area (Å²) in [6.45, 7) is 0.476. The zero-order chi connectivity index (χ0) is 19.9. The van der Waals surface area contributed by atoms with Crippen LogP contribution in [0.1, 0.15) is 11.4 Å². The number of benzene rings is 1. The Bertz CT molecular complexity index is 988.